The van der Waals surface area contributed by atoms with Crippen molar-refractivity contribution in [3.05, 3.63) is 18.2 Å². The Balaban J connectivity index is 1.74. The fourth-order valence-electron chi connectivity index (χ4n) is 3.39. The fraction of sp³-hybridized carbons (Fsp3) is 0.562. The van der Waals surface area contributed by atoms with Gasteiger partial charge in [0.2, 0.25) is 17.7 Å². The highest BCUT2D eigenvalue weighted by Crippen LogP contribution is 2.19. The molecule has 3 heterocycles. The van der Waals surface area contributed by atoms with Crippen LogP contribution in [0, 0.1) is 0 Å². The predicted octanol–water partition coefficient (Wildman–Crippen LogP) is -1.21. The van der Waals surface area contributed by atoms with Gasteiger partial charge in [-0.2, -0.15) is 0 Å². The number of carboxylic acid groups (broad SMARTS) is 1. The SMILES string of the molecule is O=C1CC[C@H](C(=O)N[C@@H](Cc2cnc[nH]2)C(=O)N2CCC[C@H]2C(=O)O)N1. The minimum atomic E-state index is -1.05. The summed E-state index contributed by atoms with van der Waals surface area (Å²) < 4.78 is 0. The molecule has 26 heavy (non-hydrogen) atoms. The van der Waals surface area contributed by atoms with Gasteiger partial charge in [-0.3, -0.25) is 14.4 Å². The van der Waals surface area contributed by atoms with E-state index >= 15 is 0 Å². The lowest BCUT2D eigenvalue weighted by Gasteiger charge is -2.27. The van der Waals surface area contributed by atoms with Gasteiger partial charge in [-0.05, 0) is 19.3 Å². The number of H-pyrrole nitrogens is 1. The number of hydrogen-bond donors (Lipinski definition) is 4. The lowest BCUT2D eigenvalue weighted by molar-refractivity contribution is -0.149. The average molecular weight is 363 g/mol. The third kappa shape index (κ3) is 3.84. The van der Waals surface area contributed by atoms with Crippen LogP contribution in [0.1, 0.15) is 31.4 Å². The van der Waals surface area contributed by atoms with Gasteiger partial charge in [0.1, 0.15) is 18.1 Å². The zero-order chi connectivity index (χ0) is 18.7. The highest BCUT2D eigenvalue weighted by atomic mass is 16.4. The Kier molecular flexibility index (Phi) is 5.19. The van der Waals surface area contributed by atoms with Gasteiger partial charge in [0.15, 0.2) is 0 Å². The van der Waals surface area contributed by atoms with E-state index in [1.54, 1.807) is 6.20 Å². The summed E-state index contributed by atoms with van der Waals surface area (Å²) in [5, 5.41) is 14.5. The number of imidazole rings is 1. The second-order valence-electron chi connectivity index (χ2n) is 6.53. The summed E-state index contributed by atoms with van der Waals surface area (Å²) in [6.45, 7) is 0.339. The van der Waals surface area contributed by atoms with Crippen LogP contribution >= 0.6 is 0 Å². The summed E-state index contributed by atoms with van der Waals surface area (Å²) in [6, 6.07) is -2.48. The molecule has 140 valence electrons. The molecule has 2 saturated heterocycles. The van der Waals surface area contributed by atoms with Crippen molar-refractivity contribution < 1.29 is 24.3 Å². The lowest BCUT2D eigenvalue weighted by atomic mass is 10.1. The van der Waals surface area contributed by atoms with E-state index in [-0.39, 0.29) is 18.7 Å². The number of hydrogen-bond acceptors (Lipinski definition) is 5. The van der Waals surface area contributed by atoms with Gasteiger partial charge in [-0.1, -0.05) is 0 Å². The van der Waals surface area contributed by atoms with E-state index < -0.39 is 35.9 Å². The van der Waals surface area contributed by atoms with E-state index in [1.165, 1.54) is 11.2 Å². The number of amides is 3. The molecule has 10 heteroatoms. The number of aromatic amines is 1. The first-order valence-corrected chi connectivity index (χ1v) is 8.56. The molecule has 0 unspecified atom stereocenters. The van der Waals surface area contributed by atoms with Crippen LogP contribution in [0.5, 0.6) is 0 Å². The second kappa shape index (κ2) is 7.54. The number of carbonyl (C=O) groups excluding carboxylic acids is 3. The van der Waals surface area contributed by atoms with Crippen molar-refractivity contribution in [3.8, 4) is 0 Å². The van der Waals surface area contributed by atoms with Crippen LogP contribution in [0.4, 0.5) is 0 Å². The number of rotatable bonds is 6. The van der Waals surface area contributed by atoms with Crippen molar-refractivity contribution in [3.63, 3.8) is 0 Å². The van der Waals surface area contributed by atoms with Crippen molar-refractivity contribution in [2.45, 2.75) is 50.2 Å². The number of carbonyl (C=O) groups is 4. The highest BCUT2D eigenvalue weighted by molar-refractivity contribution is 5.95. The summed E-state index contributed by atoms with van der Waals surface area (Å²) >= 11 is 0. The Morgan fingerprint density at radius 1 is 1.38 bits per heavy atom. The smallest absolute Gasteiger partial charge is 0.326 e. The summed E-state index contributed by atoms with van der Waals surface area (Å²) in [5.41, 5.74) is 0.644. The molecule has 2 fully saturated rings. The molecule has 0 spiro atoms. The minimum Gasteiger partial charge on any atom is -0.480 e. The van der Waals surface area contributed by atoms with Crippen molar-refractivity contribution in [1.82, 2.24) is 25.5 Å². The Morgan fingerprint density at radius 3 is 2.81 bits per heavy atom. The minimum absolute atomic E-state index is 0.161. The van der Waals surface area contributed by atoms with Crippen LogP contribution in [0.15, 0.2) is 12.5 Å². The Morgan fingerprint density at radius 2 is 2.19 bits per heavy atom. The van der Waals surface area contributed by atoms with Crippen molar-refractivity contribution >= 4 is 23.7 Å². The monoisotopic (exact) mass is 363 g/mol. The summed E-state index contributed by atoms with van der Waals surface area (Å²) in [4.78, 5) is 56.1. The number of nitrogens with zero attached hydrogens (tertiary/aromatic N) is 2. The molecular formula is C16H21N5O5. The van der Waals surface area contributed by atoms with Gasteiger partial charge < -0.3 is 25.6 Å². The molecule has 3 amide bonds. The number of aliphatic carboxylic acids is 1. The van der Waals surface area contributed by atoms with E-state index in [0.717, 1.165) is 0 Å². The maximum atomic E-state index is 12.9. The second-order valence-corrected chi connectivity index (χ2v) is 6.53. The summed E-state index contributed by atoms with van der Waals surface area (Å²) in [7, 11) is 0. The molecule has 3 atom stereocenters. The van der Waals surface area contributed by atoms with E-state index in [0.29, 0.717) is 31.5 Å². The van der Waals surface area contributed by atoms with Crippen molar-refractivity contribution in [2.24, 2.45) is 0 Å². The van der Waals surface area contributed by atoms with E-state index in [2.05, 4.69) is 20.6 Å². The molecule has 4 N–H and O–H groups in total. The first kappa shape index (κ1) is 17.9. The van der Waals surface area contributed by atoms with Crippen LogP contribution in [0.25, 0.3) is 0 Å². The van der Waals surface area contributed by atoms with Crippen LogP contribution in [-0.2, 0) is 25.6 Å². The molecule has 0 bridgehead atoms. The van der Waals surface area contributed by atoms with E-state index in [1.807, 2.05) is 0 Å². The molecule has 0 radical (unpaired) electrons. The maximum absolute atomic E-state index is 12.9. The molecule has 3 rings (SSSR count). The third-order valence-electron chi connectivity index (χ3n) is 4.73. The van der Waals surface area contributed by atoms with Crippen molar-refractivity contribution in [2.75, 3.05) is 6.54 Å². The van der Waals surface area contributed by atoms with Crippen LogP contribution in [0.2, 0.25) is 0 Å². The number of likely N-dealkylation sites (tertiary alicyclic amines) is 1. The molecular weight excluding hydrogens is 342 g/mol. The van der Waals surface area contributed by atoms with Gasteiger partial charge in [0.25, 0.3) is 0 Å². The molecule has 1 aromatic heterocycles. The van der Waals surface area contributed by atoms with Gasteiger partial charge in [-0.25, -0.2) is 9.78 Å². The maximum Gasteiger partial charge on any atom is 0.326 e. The number of carboxylic acids is 1. The van der Waals surface area contributed by atoms with Crippen LogP contribution in [-0.4, -0.2) is 68.3 Å². The number of nitrogens with one attached hydrogen (secondary N) is 3. The zero-order valence-corrected chi connectivity index (χ0v) is 14.1. The quantitative estimate of drug-likeness (QED) is 0.499. The molecule has 0 aromatic carbocycles. The summed E-state index contributed by atoms with van der Waals surface area (Å²) in [6.07, 6.45) is 4.81. The van der Waals surface area contributed by atoms with Crippen molar-refractivity contribution in [1.29, 1.82) is 0 Å². The third-order valence-corrected chi connectivity index (χ3v) is 4.73. The molecule has 2 aliphatic heterocycles. The standard InChI is InChI=1S/C16H21N5O5/c22-13-4-3-10(19-13)14(23)20-11(6-9-7-17-8-18-9)15(24)21-5-1-2-12(21)16(25)26/h7-8,10-12H,1-6H2,(H,17,18)(H,19,22)(H,20,23)(H,25,26)/t10-,11+,12+/m1/s1. The van der Waals surface area contributed by atoms with Gasteiger partial charge in [0, 0.05) is 31.3 Å². The van der Waals surface area contributed by atoms with E-state index in [4.69, 9.17) is 0 Å². The van der Waals surface area contributed by atoms with Gasteiger partial charge in [-0.15, -0.1) is 0 Å². The molecule has 1 aromatic rings. The predicted molar refractivity (Wildman–Crippen MR) is 87.8 cm³/mol. The normalized spacial score (nSPS) is 23.5. The summed E-state index contributed by atoms with van der Waals surface area (Å²) in [5.74, 6) is -2.14. The Hall–Kier alpha value is -2.91. The number of aromatic nitrogens is 2. The molecule has 10 nitrogen and oxygen atoms in total. The molecule has 0 saturated carbocycles. The average Bonchev–Trinajstić information content (AvgIpc) is 3.34. The topological polar surface area (TPSA) is 144 Å². The van der Waals surface area contributed by atoms with Gasteiger partial charge in [0.05, 0.1) is 6.33 Å². The lowest BCUT2D eigenvalue weighted by Crippen LogP contribution is -2.55. The van der Waals surface area contributed by atoms with Gasteiger partial charge >= 0.3 is 5.97 Å². The highest BCUT2D eigenvalue weighted by Gasteiger charge is 2.39. The van der Waals surface area contributed by atoms with Crippen LogP contribution in [0.3, 0.4) is 0 Å². The molecule has 0 aliphatic carbocycles. The Bertz CT molecular complexity index is 704. The van der Waals surface area contributed by atoms with Crippen LogP contribution < -0.4 is 10.6 Å². The first-order chi connectivity index (χ1) is 12.5. The fourth-order valence-corrected chi connectivity index (χ4v) is 3.39. The first-order valence-electron chi connectivity index (χ1n) is 8.56. The zero-order valence-electron chi connectivity index (χ0n) is 14.1. The molecule has 2 aliphatic rings. The Labute approximate surface area is 149 Å². The van der Waals surface area contributed by atoms with E-state index in [9.17, 15) is 24.3 Å². The largest absolute Gasteiger partial charge is 0.480 e.